The number of nitrogens with one attached hydrogen (secondary N) is 1. The number of hydrogen-bond donors (Lipinski definition) is 2. The molecule has 0 saturated carbocycles. The van der Waals surface area contributed by atoms with Gasteiger partial charge in [-0.05, 0) is 36.7 Å². The maximum absolute atomic E-state index is 5.88. The Morgan fingerprint density at radius 3 is 2.94 bits per heavy atom. The first kappa shape index (κ1) is 9.35. The molecule has 0 bridgehead atoms. The fourth-order valence-corrected chi connectivity index (χ4v) is 2.40. The average molecular weight is 230 g/mol. The van der Waals surface area contributed by atoms with Gasteiger partial charge in [0.15, 0.2) is 0 Å². The molecule has 0 spiro atoms. The lowest BCUT2D eigenvalue weighted by Gasteiger charge is -1.91. The van der Waals surface area contributed by atoms with Gasteiger partial charge in [0.1, 0.15) is 5.65 Å². The number of nitrogens with two attached hydrogens (primary N) is 1. The monoisotopic (exact) mass is 230 g/mol. The third kappa shape index (κ3) is 1.37. The summed E-state index contributed by atoms with van der Waals surface area (Å²) in [5.41, 5.74) is 9.49. The smallest absolute Gasteiger partial charge is 0.139 e. The molecule has 0 fully saturated rings. The summed E-state index contributed by atoms with van der Waals surface area (Å²) >= 11 is 1.47. The number of nitrogen functional groups attached to an aromatic ring is 1. The van der Waals surface area contributed by atoms with Crippen molar-refractivity contribution in [2.45, 2.75) is 6.92 Å². The molecule has 5 heteroatoms. The van der Waals surface area contributed by atoms with E-state index >= 15 is 0 Å². The number of aryl methyl sites for hydroxylation is 1. The summed E-state index contributed by atoms with van der Waals surface area (Å²) in [6, 6.07) is 5.87. The summed E-state index contributed by atoms with van der Waals surface area (Å²) in [5, 5.41) is 0.962. The van der Waals surface area contributed by atoms with Gasteiger partial charge in [0.25, 0.3) is 0 Å². The molecule has 0 saturated heterocycles. The summed E-state index contributed by atoms with van der Waals surface area (Å²) in [4.78, 5) is 8.60. The van der Waals surface area contributed by atoms with E-state index in [1.165, 1.54) is 11.5 Å². The Balaban J connectivity index is 2.22. The first-order chi connectivity index (χ1) is 7.74. The molecule has 0 aliphatic carbocycles. The number of hydrogen-bond acceptors (Lipinski definition) is 4. The summed E-state index contributed by atoms with van der Waals surface area (Å²) in [7, 11) is 0. The lowest BCUT2D eigenvalue weighted by Crippen LogP contribution is -1.85. The van der Waals surface area contributed by atoms with Crippen molar-refractivity contribution in [3.8, 4) is 10.6 Å². The molecular formula is C11H10N4S. The zero-order chi connectivity index (χ0) is 11.1. The van der Waals surface area contributed by atoms with Crippen LogP contribution < -0.4 is 5.73 Å². The Hall–Kier alpha value is -1.88. The topological polar surface area (TPSA) is 67.6 Å². The highest BCUT2D eigenvalue weighted by atomic mass is 32.1. The zero-order valence-corrected chi connectivity index (χ0v) is 9.51. The lowest BCUT2D eigenvalue weighted by atomic mass is 10.2. The van der Waals surface area contributed by atoms with Gasteiger partial charge in [0.2, 0.25) is 0 Å². The number of H-pyrrole nitrogens is 1. The molecule has 3 aromatic rings. The van der Waals surface area contributed by atoms with Crippen LogP contribution in [0.2, 0.25) is 0 Å². The van der Waals surface area contributed by atoms with Crippen LogP contribution in [0.1, 0.15) is 5.69 Å². The second kappa shape index (κ2) is 3.31. The van der Waals surface area contributed by atoms with Crippen molar-refractivity contribution in [2.75, 3.05) is 5.73 Å². The Morgan fingerprint density at radius 2 is 2.25 bits per heavy atom. The highest BCUT2D eigenvalue weighted by molar-refractivity contribution is 7.09. The molecule has 0 amide bonds. The Morgan fingerprint density at radius 1 is 1.38 bits per heavy atom. The molecule has 80 valence electrons. The van der Waals surface area contributed by atoms with E-state index in [2.05, 4.69) is 14.3 Å². The molecule has 0 aliphatic rings. The predicted octanol–water partition coefficient (Wildman–Crippen LogP) is 2.58. The second-order valence-electron chi connectivity index (χ2n) is 3.68. The molecule has 0 aromatic carbocycles. The van der Waals surface area contributed by atoms with Crippen LogP contribution in [-0.2, 0) is 0 Å². The van der Waals surface area contributed by atoms with Gasteiger partial charge in [0.05, 0.1) is 16.3 Å². The van der Waals surface area contributed by atoms with Crippen molar-refractivity contribution < 1.29 is 0 Å². The van der Waals surface area contributed by atoms with E-state index in [9.17, 15) is 0 Å². The minimum atomic E-state index is 0.744. The first-order valence-electron chi connectivity index (χ1n) is 4.91. The zero-order valence-electron chi connectivity index (χ0n) is 8.69. The molecule has 4 nitrogen and oxygen atoms in total. The van der Waals surface area contributed by atoms with Crippen molar-refractivity contribution >= 4 is 28.3 Å². The van der Waals surface area contributed by atoms with Crippen LogP contribution in [0.25, 0.3) is 21.6 Å². The van der Waals surface area contributed by atoms with Gasteiger partial charge in [-0.1, -0.05) is 0 Å². The van der Waals surface area contributed by atoms with Crippen LogP contribution in [0.4, 0.5) is 5.69 Å². The van der Waals surface area contributed by atoms with Crippen LogP contribution in [-0.4, -0.2) is 14.3 Å². The second-order valence-corrected chi connectivity index (χ2v) is 4.48. The van der Waals surface area contributed by atoms with Crippen molar-refractivity contribution in [3.63, 3.8) is 0 Å². The van der Waals surface area contributed by atoms with Crippen molar-refractivity contribution in [3.05, 3.63) is 30.1 Å². The summed E-state index contributed by atoms with van der Waals surface area (Å²) in [5.74, 6) is 0. The standard InChI is InChI=1S/C11H10N4S/c1-6-4-10(16-15-6)9-5-7-8(12)2-3-13-11(7)14-9/h2-5H,1H3,(H3,12,13,14). The van der Waals surface area contributed by atoms with Crippen LogP contribution >= 0.6 is 11.5 Å². The molecule has 0 radical (unpaired) electrons. The number of rotatable bonds is 1. The minimum Gasteiger partial charge on any atom is -0.398 e. The third-order valence-electron chi connectivity index (χ3n) is 2.46. The molecule has 3 N–H and O–H groups in total. The van der Waals surface area contributed by atoms with Crippen LogP contribution in [0.15, 0.2) is 24.4 Å². The SMILES string of the molecule is Cc1cc(-c2cc3c(N)ccnc3[nH]2)sn1. The molecule has 3 aromatic heterocycles. The fourth-order valence-electron chi connectivity index (χ4n) is 1.67. The quantitative estimate of drug-likeness (QED) is 0.675. The minimum absolute atomic E-state index is 0.744. The van der Waals surface area contributed by atoms with E-state index in [0.717, 1.165) is 33.0 Å². The molecule has 0 unspecified atom stereocenters. The Bertz CT molecular complexity index is 653. The molecule has 0 atom stereocenters. The van der Waals surface area contributed by atoms with E-state index < -0.39 is 0 Å². The summed E-state index contributed by atoms with van der Waals surface area (Å²) in [6.45, 7) is 1.98. The molecular weight excluding hydrogens is 220 g/mol. The maximum Gasteiger partial charge on any atom is 0.139 e. The van der Waals surface area contributed by atoms with Crippen molar-refractivity contribution in [1.29, 1.82) is 0 Å². The van der Waals surface area contributed by atoms with Gasteiger partial charge in [0, 0.05) is 17.3 Å². The number of fused-ring (bicyclic) bond motifs is 1. The van der Waals surface area contributed by atoms with Gasteiger partial charge in [-0.15, -0.1) is 0 Å². The highest BCUT2D eigenvalue weighted by Gasteiger charge is 2.08. The van der Waals surface area contributed by atoms with Crippen molar-refractivity contribution in [1.82, 2.24) is 14.3 Å². The molecule has 3 rings (SSSR count). The Kier molecular flexibility index (Phi) is 1.94. The molecule has 16 heavy (non-hydrogen) atoms. The van der Waals surface area contributed by atoms with E-state index in [1.807, 2.05) is 19.1 Å². The van der Waals surface area contributed by atoms with Gasteiger partial charge in [-0.25, -0.2) is 4.98 Å². The number of aromatic nitrogens is 3. The number of pyridine rings is 1. The first-order valence-corrected chi connectivity index (χ1v) is 5.68. The third-order valence-corrected chi connectivity index (χ3v) is 3.37. The van der Waals surface area contributed by atoms with E-state index in [-0.39, 0.29) is 0 Å². The summed E-state index contributed by atoms with van der Waals surface area (Å²) < 4.78 is 4.26. The lowest BCUT2D eigenvalue weighted by molar-refractivity contribution is 1.32. The van der Waals surface area contributed by atoms with E-state index in [4.69, 9.17) is 5.73 Å². The van der Waals surface area contributed by atoms with Crippen LogP contribution in [0, 0.1) is 6.92 Å². The summed E-state index contributed by atoms with van der Waals surface area (Å²) in [6.07, 6.45) is 1.70. The van der Waals surface area contributed by atoms with E-state index in [0.29, 0.717) is 0 Å². The van der Waals surface area contributed by atoms with Gasteiger partial charge < -0.3 is 10.7 Å². The van der Waals surface area contributed by atoms with Crippen LogP contribution in [0.3, 0.4) is 0 Å². The molecule has 0 aliphatic heterocycles. The normalized spacial score (nSPS) is 11.1. The van der Waals surface area contributed by atoms with Crippen molar-refractivity contribution in [2.24, 2.45) is 0 Å². The maximum atomic E-state index is 5.88. The van der Waals surface area contributed by atoms with Crippen LogP contribution in [0.5, 0.6) is 0 Å². The Labute approximate surface area is 96.3 Å². The highest BCUT2D eigenvalue weighted by Crippen LogP contribution is 2.28. The fraction of sp³-hybridized carbons (Fsp3) is 0.0909. The average Bonchev–Trinajstić information content (AvgIpc) is 2.84. The largest absolute Gasteiger partial charge is 0.398 e. The van der Waals surface area contributed by atoms with Gasteiger partial charge in [-0.3, -0.25) is 0 Å². The van der Waals surface area contributed by atoms with Gasteiger partial charge >= 0.3 is 0 Å². The molecule has 3 heterocycles. The predicted molar refractivity (Wildman–Crippen MR) is 66.4 cm³/mol. The van der Waals surface area contributed by atoms with E-state index in [1.54, 1.807) is 12.3 Å². The van der Waals surface area contributed by atoms with Gasteiger partial charge in [-0.2, -0.15) is 4.37 Å². The number of nitrogens with zero attached hydrogens (tertiary/aromatic N) is 2. The number of anilines is 1. The number of aromatic amines is 1.